The maximum absolute atomic E-state index is 3.56. The average Bonchev–Trinajstić information content (AvgIpc) is 2.29. The van der Waals surface area contributed by atoms with Crippen molar-refractivity contribution in [3.8, 4) is 11.1 Å². The molecular formula is C14H11BrS. The minimum atomic E-state index is 0.540. The number of hydrogen-bond acceptors (Lipinski definition) is 1. The van der Waals surface area contributed by atoms with E-state index < -0.39 is 0 Å². The lowest BCUT2D eigenvalue weighted by Crippen LogP contribution is -1.99. The van der Waals surface area contributed by atoms with Crippen molar-refractivity contribution in [1.82, 2.24) is 0 Å². The van der Waals surface area contributed by atoms with E-state index in [1.54, 1.807) is 0 Å². The zero-order valence-electron chi connectivity index (χ0n) is 8.91. The molecule has 80 valence electrons. The molecule has 2 aromatic carbocycles. The number of benzene rings is 2. The van der Waals surface area contributed by atoms with Gasteiger partial charge < -0.3 is 0 Å². The molecule has 3 rings (SSSR count). The molecule has 1 aliphatic heterocycles. The molecule has 0 N–H and O–H groups in total. The molecule has 0 bridgehead atoms. The Morgan fingerprint density at radius 1 is 1.06 bits per heavy atom. The molecule has 0 saturated heterocycles. The first-order valence-electron chi connectivity index (χ1n) is 5.31. The zero-order valence-corrected chi connectivity index (χ0v) is 11.3. The van der Waals surface area contributed by atoms with E-state index in [9.17, 15) is 0 Å². The second-order valence-electron chi connectivity index (χ2n) is 3.99. The fourth-order valence-corrected chi connectivity index (χ4v) is 3.70. The summed E-state index contributed by atoms with van der Waals surface area (Å²) in [5, 5.41) is 0.540. The molecule has 1 atom stereocenters. The Morgan fingerprint density at radius 3 is 2.75 bits per heavy atom. The van der Waals surface area contributed by atoms with Gasteiger partial charge in [0.15, 0.2) is 0 Å². The van der Waals surface area contributed by atoms with Crippen molar-refractivity contribution >= 4 is 27.7 Å². The summed E-state index contributed by atoms with van der Waals surface area (Å²) in [4.78, 5) is 1.39. The highest BCUT2D eigenvalue weighted by molar-refractivity contribution is 9.10. The Balaban J connectivity index is 2.30. The monoisotopic (exact) mass is 290 g/mol. The third-order valence-corrected chi connectivity index (χ3v) is 4.64. The van der Waals surface area contributed by atoms with Gasteiger partial charge in [-0.2, -0.15) is 0 Å². The smallest absolute Gasteiger partial charge is 0.0322 e. The van der Waals surface area contributed by atoms with Gasteiger partial charge in [-0.25, -0.2) is 0 Å². The third-order valence-electron chi connectivity index (χ3n) is 2.93. The first kappa shape index (κ1) is 10.4. The van der Waals surface area contributed by atoms with E-state index in [0.29, 0.717) is 5.25 Å². The summed E-state index contributed by atoms with van der Waals surface area (Å²) in [7, 11) is 0. The van der Waals surface area contributed by atoms with Crippen LogP contribution in [-0.2, 0) is 0 Å². The van der Waals surface area contributed by atoms with Crippen LogP contribution in [0.3, 0.4) is 0 Å². The number of hydrogen-bond donors (Lipinski definition) is 0. The highest BCUT2D eigenvalue weighted by Gasteiger charge is 2.21. The second-order valence-corrected chi connectivity index (χ2v) is 6.29. The zero-order chi connectivity index (χ0) is 11.1. The molecule has 0 amide bonds. The topological polar surface area (TPSA) is 0 Å². The molecule has 0 spiro atoms. The minimum absolute atomic E-state index is 0.540. The number of halogens is 1. The molecule has 0 nitrogen and oxygen atoms in total. The van der Waals surface area contributed by atoms with Crippen LogP contribution < -0.4 is 0 Å². The maximum atomic E-state index is 3.56. The standard InChI is InChI=1S/C14H11BrS/c1-9-11-7-6-10(15)8-13(11)12-4-2-3-5-14(12)16-9/h2-9H,1H3. The molecule has 1 unspecified atom stereocenters. The quantitative estimate of drug-likeness (QED) is 0.636. The molecule has 0 saturated carbocycles. The van der Waals surface area contributed by atoms with Crippen molar-refractivity contribution in [3.63, 3.8) is 0 Å². The van der Waals surface area contributed by atoms with E-state index in [4.69, 9.17) is 0 Å². The molecule has 2 aromatic rings. The van der Waals surface area contributed by atoms with Crippen LogP contribution in [0.1, 0.15) is 17.7 Å². The fraction of sp³-hybridized carbons (Fsp3) is 0.143. The Hall–Kier alpha value is -0.730. The van der Waals surface area contributed by atoms with Gasteiger partial charge in [-0.15, -0.1) is 11.8 Å². The highest BCUT2D eigenvalue weighted by Crippen LogP contribution is 2.48. The molecule has 1 heterocycles. The molecule has 1 aliphatic rings. The summed E-state index contributed by atoms with van der Waals surface area (Å²) in [6.45, 7) is 2.27. The van der Waals surface area contributed by atoms with Crippen LogP contribution in [0.4, 0.5) is 0 Å². The van der Waals surface area contributed by atoms with Gasteiger partial charge in [0.2, 0.25) is 0 Å². The summed E-state index contributed by atoms with van der Waals surface area (Å²) in [5.74, 6) is 0. The van der Waals surface area contributed by atoms with Crippen LogP contribution in [0.5, 0.6) is 0 Å². The van der Waals surface area contributed by atoms with Gasteiger partial charge >= 0.3 is 0 Å². The maximum Gasteiger partial charge on any atom is 0.0322 e. The third kappa shape index (κ3) is 1.61. The van der Waals surface area contributed by atoms with Crippen molar-refractivity contribution < 1.29 is 0 Å². The summed E-state index contributed by atoms with van der Waals surface area (Å²) in [6, 6.07) is 15.2. The van der Waals surface area contributed by atoms with Crippen molar-refractivity contribution in [1.29, 1.82) is 0 Å². The average molecular weight is 291 g/mol. The van der Waals surface area contributed by atoms with Gasteiger partial charge in [-0.05, 0) is 41.8 Å². The first-order chi connectivity index (χ1) is 7.75. The summed E-state index contributed by atoms with van der Waals surface area (Å²) < 4.78 is 1.15. The highest BCUT2D eigenvalue weighted by atomic mass is 79.9. The van der Waals surface area contributed by atoms with Crippen molar-refractivity contribution in [2.75, 3.05) is 0 Å². The van der Waals surface area contributed by atoms with E-state index in [0.717, 1.165) is 4.47 Å². The van der Waals surface area contributed by atoms with Crippen molar-refractivity contribution in [3.05, 3.63) is 52.5 Å². The Kier molecular flexibility index (Phi) is 2.56. The van der Waals surface area contributed by atoms with Crippen LogP contribution in [-0.4, -0.2) is 0 Å². The van der Waals surface area contributed by atoms with Crippen molar-refractivity contribution in [2.24, 2.45) is 0 Å². The summed E-state index contributed by atoms with van der Waals surface area (Å²) >= 11 is 5.50. The minimum Gasteiger partial charge on any atom is -0.118 e. The molecule has 0 aliphatic carbocycles. The number of rotatable bonds is 0. The first-order valence-corrected chi connectivity index (χ1v) is 6.98. The van der Waals surface area contributed by atoms with E-state index in [1.807, 2.05) is 11.8 Å². The largest absolute Gasteiger partial charge is 0.118 e. The molecule has 0 radical (unpaired) electrons. The molecule has 16 heavy (non-hydrogen) atoms. The Morgan fingerprint density at radius 2 is 1.88 bits per heavy atom. The predicted octanol–water partition coefficient (Wildman–Crippen LogP) is 5.28. The van der Waals surface area contributed by atoms with E-state index >= 15 is 0 Å². The molecular weight excluding hydrogens is 280 g/mol. The van der Waals surface area contributed by atoms with Gasteiger partial charge in [0.05, 0.1) is 0 Å². The SMILES string of the molecule is CC1Sc2ccccc2-c2cc(Br)ccc21. The van der Waals surface area contributed by atoms with Gasteiger partial charge in [-0.3, -0.25) is 0 Å². The van der Waals surface area contributed by atoms with Crippen molar-refractivity contribution in [2.45, 2.75) is 17.1 Å². The van der Waals surface area contributed by atoms with Gasteiger partial charge in [0, 0.05) is 14.6 Å². The van der Waals surface area contributed by atoms with E-state index in [2.05, 4.69) is 65.3 Å². The Labute approximate surface area is 108 Å². The fourth-order valence-electron chi connectivity index (χ4n) is 2.16. The van der Waals surface area contributed by atoms with Crippen LogP contribution in [0.2, 0.25) is 0 Å². The molecule has 2 heteroatoms. The van der Waals surface area contributed by atoms with Gasteiger partial charge in [-0.1, -0.05) is 40.2 Å². The number of fused-ring (bicyclic) bond motifs is 3. The molecule has 0 aromatic heterocycles. The normalized spacial score (nSPS) is 17.8. The van der Waals surface area contributed by atoms with Gasteiger partial charge in [0.25, 0.3) is 0 Å². The van der Waals surface area contributed by atoms with E-state index in [1.165, 1.54) is 21.6 Å². The second kappa shape index (κ2) is 3.94. The van der Waals surface area contributed by atoms with Crippen LogP contribution >= 0.6 is 27.7 Å². The summed E-state index contributed by atoms with van der Waals surface area (Å²) in [6.07, 6.45) is 0. The van der Waals surface area contributed by atoms with Crippen LogP contribution in [0.15, 0.2) is 51.8 Å². The Bertz CT molecular complexity index is 548. The lowest BCUT2D eigenvalue weighted by Gasteiger charge is -2.24. The summed E-state index contributed by atoms with van der Waals surface area (Å²) in [5.41, 5.74) is 4.17. The lowest BCUT2D eigenvalue weighted by molar-refractivity contribution is 1.08. The van der Waals surface area contributed by atoms with Gasteiger partial charge in [0.1, 0.15) is 0 Å². The van der Waals surface area contributed by atoms with Crippen LogP contribution in [0, 0.1) is 0 Å². The molecule has 0 fully saturated rings. The number of thioether (sulfide) groups is 1. The van der Waals surface area contributed by atoms with E-state index in [-0.39, 0.29) is 0 Å². The predicted molar refractivity (Wildman–Crippen MR) is 73.9 cm³/mol. The van der Waals surface area contributed by atoms with Crippen LogP contribution in [0.25, 0.3) is 11.1 Å². The lowest BCUT2D eigenvalue weighted by atomic mass is 9.97.